The molecular weight excluding hydrogens is 276 g/mol. The summed E-state index contributed by atoms with van der Waals surface area (Å²) in [5.74, 6) is 1.24. The van der Waals surface area contributed by atoms with Gasteiger partial charge in [-0.15, -0.1) is 0 Å². The van der Waals surface area contributed by atoms with Crippen LogP contribution in [0.4, 0.5) is 0 Å². The van der Waals surface area contributed by atoms with Crippen molar-refractivity contribution in [1.82, 2.24) is 10.0 Å². The van der Waals surface area contributed by atoms with Gasteiger partial charge >= 0.3 is 0 Å². The van der Waals surface area contributed by atoms with Gasteiger partial charge in [-0.05, 0) is 50.3 Å². The van der Waals surface area contributed by atoms with Gasteiger partial charge in [0.25, 0.3) is 10.0 Å². The molecule has 1 saturated carbocycles. The van der Waals surface area contributed by atoms with E-state index >= 15 is 0 Å². The zero-order valence-electron chi connectivity index (χ0n) is 12.2. The molecule has 114 valence electrons. The molecule has 0 amide bonds. The molecule has 1 heterocycles. The fourth-order valence-electron chi connectivity index (χ4n) is 2.58. The Morgan fingerprint density at radius 2 is 2.15 bits per heavy atom. The minimum atomic E-state index is -3.52. The first-order chi connectivity index (χ1) is 9.51. The van der Waals surface area contributed by atoms with Gasteiger partial charge in [0.05, 0.1) is 6.54 Å². The van der Waals surface area contributed by atoms with Crippen LogP contribution in [0.2, 0.25) is 0 Å². The van der Waals surface area contributed by atoms with Gasteiger partial charge in [0.2, 0.25) is 5.09 Å². The third kappa shape index (κ3) is 4.07. The highest BCUT2D eigenvalue weighted by molar-refractivity contribution is 7.89. The summed E-state index contributed by atoms with van der Waals surface area (Å²) in [6.45, 7) is 5.68. The van der Waals surface area contributed by atoms with E-state index in [0.29, 0.717) is 18.2 Å². The normalized spacial score (nSPS) is 23.3. The zero-order chi connectivity index (χ0) is 14.6. The summed E-state index contributed by atoms with van der Waals surface area (Å²) >= 11 is 0. The third-order valence-corrected chi connectivity index (χ3v) is 5.04. The summed E-state index contributed by atoms with van der Waals surface area (Å²) in [7, 11) is -3.52. The maximum absolute atomic E-state index is 12.2. The maximum atomic E-state index is 12.2. The Morgan fingerprint density at radius 3 is 2.80 bits per heavy atom. The van der Waals surface area contributed by atoms with E-state index in [1.807, 2.05) is 0 Å². The third-order valence-electron chi connectivity index (χ3n) is 3.64. The first-order valence-electron chi connectivity index (χ1n) is 7.33. The van der Waals surface area contributed by atoms with Gasteiger partial charge in [0.15, 0.2) is 0 Å². The molecular formula is C14H24N2O3S. The number of nitrogens with one attached hydrogen (secondary N) is 2. The Kier molecular flexibility index (Phi) is 5.23. The molecule has 0 radical (unpaired) electrons. The van der Waals surface area contributed by atoms with E-state index in [-0.39, 0.29) is 11.1 Å². The van der Waals surface area contributed by atoms with Crippen LogP contribution < -0.4 is 10.0 Å². The molecule has 1 aromatic heterocycles. The van der Waals surface area contributed by atoms with Gasteiger partial charge < -0.3 is 9.73 Å². The predicted octanol–water partition coefficient (Wildman–Crippen LogP) is 2.25. The quantitative estimate of drug-likeness (QED) is 0.758. The number of furan rings is 1. The minimum Gasteiger partial charge on any atom is -0.447 e. The van der Waals surface area contributed by atoms with E-state index in [0.717, 1.165) is 32.2 Å². The Bertz CT molecular complexity index is 524. The van der Waals surface area contributed by atoms with Gasteiger partial charge in [-0.3, -0.25) is 0 Å². The fourth-order valence-corrected chi connectivity index (χ4v) is 3.81. The zero-order valence-corrected chi connectivity index (χ0v) is 13.0. The van der Waals surface area contributed by atoms with Crippen LogP contribution >= 0.6 is 0 Å². The number of rotatable bonds is 7. The first kappa shape index (κ1) is 15.5. The highest BCUT2D eigenvalue weighted by atomic mass is 32.2. The minimum absolute atomic E-state index is 0.0188. The molecule has 1 aliphatic rings. The van der Waals surface area contributed by atoms with Crippen molar-refractivity contribution in [2.24, 2.45) is 5.92 Å². The molecule has 1 aromatic rings. The van der Waals surface area contributed by atoms with Gasteiger partial charge in [0, 0.05) is 6.04 Å². The Balaban J connectivity index is 1.95. The van der Waals surface area contributed by atoms with Crippen molar-refractivity contribution in [1.29, 1.82) is 0 Å². The molecule has 1 fully saturated rings. The summed E-state index contributed by atoms with van der Waals surface area (Å²) in [6, 6.07) is 3.29. The topological polar surface area (TPSA) is 71.3 Å². The Hall–Kier alpha value is -0.850. The second-order valence-corrected chi connectivity index (χ2v) is 7.28. The highest BCUT2D eigenvalue weighted by Gasteiger charge is 2.28. The Morgan fingerprint density at radius 1 is 1.35 bits per heavy atom. The second kappa shape index (κ2) is 6.74. The lowest BCUT2D eigenvalue weighted by Gasteiger charge is -2.11. The molecule has 5 nitrogen and oxygen atoms in total. The number of hydrogen-bond acceptors (Lipinski definition) is 4. The van der Waals surface area contributed by atoms with E-state index in [9.17, 15) is 8.42 Å². The molecule has 2 rings (SSSR count). The smallest absolute Gasteiger partial charge is 0.274 e. The van der Waals surface area contributed by atoms with Crippen LogP contribution in [0.1, 0.15) is 45.3 Å². The van der Waals surface area contributed by atoms with Crippen LogP contribution in [0.15, 0.2) is 21.6 Å². The Labute approximate surface area is 121 Å². The van der Waals surface area contributed by atoms with Crippen molar-refractivity contribution < 1.29 is 12.8 Å². The average molecular weight is 300 g/mol. The van der Waals surface area contributed by atoms with Crippen LogP contribution in [0.25, 0.3) is 0 Å². The predicted molar refractivity (Wildman–Crippen MR) is 77.8 cm³/mol. The second-order valence-electron chi connectivity index (χ2n) is 5.63. The summed E-state index contributed by atoms with van der Waals surface area (Å²) in [6.07, 6.45) is 3.93. The number of hydrogen-bond donors (Lipinski definition) is 2. The van der Waals surface area contributed by atoms with E-state index in [1.54, 1.807) is 6.07 Å². The van der Waals surface area contributed by atoms with Gasteiger partial charge in [-0.1, -0.05) is 13.8 Å². The lowest BCUT2D eigenvalue weighted by molar-refractivity contribution is 0.397. The maximum Gasteiger partial charge on any atom is 0.274 e. The van der Waals surface area contributed by atoms with Crippen LogP contribution in [0.5, 0.6) is 0 Å². The van der Waals surface area contributed by atoms with Gasteiger partial charge in [0.1, 0.15) is 5.76 Å². The lowest BCUT2D eigenvalue weighted by Crippen LogP contribution is -2.32. The number of sulfonamides is 1. The highest BCUT2D eigenvalue weighted by Crippen LogP contribution is 2.26. The summed E-state index contributed by atoms with van der Waals surface area (Å²) in [5, 5.41) is 3.20. The van der Waals surface area contributed by atoms with Gasteiger partial charge in [-0.2, -0.15) is 0 Å². The molecule has 2 atom stereocenters. The molecule has 0 spiro atoms. The first-order valence-corrected chi connectivity index (χ1v) is 8.81. The van der Waals surface area contributed by atoms with E-state index < -0.39 is 10.0 Å². The van der Waals surface area contributed by atoms with Crippen molar-refractivity contribution in [2.75, 3.05) is 6.54 Å². The molecule has 20 heavy (non-hydrogen) atoms. The van der Waals surface area contributed by atoms with Crippen LogP contribution in [-0.2, 0) is 16.6 Å². The van der Waals surface area contributed by atoms with Gasteiger partial charge in [-0.25, -0.2) is 13.1 Å². The molecule has 2 unspecified atom stereocenters. The monoisotopic (exact) mass is 300 g/mol. The molecule has 0 aromatic carbocycles. The van der Waals surface area contributed by atoms with Crippen molar-refractivity contribution >= 4 is 10.0 Å². The molecule has 0 aliphatic heterocycles. The van der Waals surface area contributed by atoms with Crippen molar-refractivity contribution in [2.45, 2.75) is 57.2 Å². The summed E-state index contributed by atoms with van der Waals surface area (Å²) in [5.41, 5.74) is 0. The van der Waals surface area contributed by atoms with Crippen molar-refractivity contribution in [3.05, 3.63) is 17.9 Å². The SMILES string of the molecule is CCCNCc1ccc(S(=O)(=O)NC2CCC(C)C2)o1. The van der Waals surface area contributed by atoms with Crippen LogP contribution in [0.3, 0.4) is 0 Å². The largest absolute Gasteiger partial charge is 0.447 e. The molecule has 2 N–H and O–H groups in total. The van der Waals surface area contributed by atoms with Crippen LogP contribution in [0, 0.1) is 5.92 Å². The van der Waals surface area contributed by atoms with Crippen molar-refractivity contribution in [3.63, 3.8) is 0 Å². The van der Waals surface area contributed by atoms with Crippen molar-refractivity contribution in [3.8, 4) is 0 Å². The molecule has 0 saturated heterocycles. The van der Waals surface area contributed by atoms with E-state index in [4.69, 9.17) is 4.42 Å². The summed E-state index contributed by atoms with van der Waals surface area (Å²) in [4.78, 5) is 0. The van der Waals surface area contributed by atoms with E-state index in [1.165, 1.54) is 6.07 Å². The molecule has 1 aliphatic carbocycles. The molecule has 0 bridgehead atoms. The summed E-state index contributed by atoms with van der Waals surface area (Å²) < 4.78 is 32.6. The van der Waals surface area contributed by atoms with E-state index in [2.05, 4.69) is 23.9 Å². The lowest BCUT2D eigenvalue weighted by atomic mass is 10.1. The fraction of sp³-hybridized carbons (Fsp3) is 0.714. The van der Waals surface area contributed by atoms with Crippen LogP contribution in [-0.4, -0.2) is 21.0 Å². The average Bonchev–Trinajstić information content (AvgIpc) is 2.99. The standard InChI is InChI=1S/C14H24N2O3S/c1-3-8-15-10-13-6-7-14(19-13)20(17,18)16-12-5-4-11(2)9-12/h6-7,11-12,15-16H,3-5,8-10H2,1-2H3. The molecule has 6 heteroatoms.